The molecule has 0 aromatic heterocycles. The summed E-state index contributed by atoms with van der Waals surface area (Å²) in [6.45, 7) is 0.984. The standard InChI is InChI=1S/C22H28ClNO/c1-24(2)16-6-15-22(25)20-9-4-3-7-17(20)8-5-10-21(22)18-11-13-19(23)14-12-18/h3-4,7,9,11-14,21,25H,5-6,8,10,15-16H2,1-2H3/t21-,22+/m1/s1. The van der Waals surface area contributed by atoms with Gasteiger partial charge in [0.05, 0.1) is 5.60 Å². The number of aryl methyl sites for hydroxylation is 1. The van der Waals surface area contributed by atoms with Gasteiger partial charge in [0, 0.05) is 10.9 Å². The third kappa shape index (κ3) is 4.08. The van der Waals surface area contributed by atoms with Crippen LogP contribution in [0.25, 0.3) is 0 Å². The Kier molecular flexibility index (Phi) is 5.83. The summed E-state index contributed by atoms with van der Waals surface area (Å²) in [5.74, 6) is 0.107. The quantitative estimate of drug-likeness (QED) is 0.762. The van der Waals surface area contributed by atoms with Crippen LogP contribution in [0.15, 0.2) is 48.5 Å². The van der Waals surface area contributed by atoms with Crippen LogP contribution in [-0.2, 0) is 12.0 Å². The topological polar surface area (TPSA) is 23.5 Å². The first-order valence-corrected chi connectivity index (χ1v) is 9.59. The van der Waals surface area contributed by atoms with Gasteiger partial charge in [-0.2, -0.15) is 0 Å². The maximum atomic E-state index is 11.9. The van der Waals surface area contributed by atoms with Crippen LogP contribution in [0.3, 0.4) is 0 Å². The van der Waals surface area contributed by atoms with E-state index in [1.807, 2.05) is 12.1 Å². The Hall–Kier alpha value is -1.35. The number of aliphatic hydroxyl groups is 1. The van der Waals surface area contributed by atoms with Crippen LogP contribution < -0.4 is 0 Å². The summed E-state index contributed by atoms with van der Waals surface area (Å²) in [6.07, 6.45) is 4.88. The third-order valence-electron chi connectivity index (χ3n) is 5.43. The van der Waals surface area contributed by atoms with Crippen molar-refractivity contribution in [3.8, 4) is 0 Å². The smallest absolute Gasteiger partial charge is 0.0967 e. The van der Waals surface area contributed by atoms with Crippen LogP contribution in [-0.4, -0.2) is 30.6 Å². The van der Waals surface area contributed by atoms with E-state index in [1.165, 1.54) is 11.1 Å². The summed E-state index contributed by atoms with van der Waals surface area (Å²) in [6, 6.07) is 16.5. The molecule has 25 heavy (non-hydrogen) atoms. The molecule has 3 heteroatoms. The van der Waals surface area contributed by atoms with Gasteiger partial charge in [-0.05, 0) is 81.6 Å². The number of nitrogens with zero attached hydrogens (tertiary/aromatic N) is 1. The maximum absolute atomic E-state index is 11.9. The van der Waals surface area contributed by atoms with Gasteiger partial charge in [0.15, 0.2) is 0 Å². The van der Waals surface area contributed by atoms with Crippen LogP contribution in [0, 0.1) is 0 Å². The van der Waals surface area contributed by atoms with Gasteiger partial charge in [0.2, 0.25) is 0 Å². The van der Waals surface area contributed by atoms with Crippen molar-refractivity contribution in [2.45, 2.75) is 43.6 Å². The number of fused-ring (bicyclic) bond motifs is 1. The Morgan fingerprint density at radius 3 is 2.56 bits per heavy atom. The Morgan fingerprint density at radius 1 is 1.12 bits per heavy atom. The fourth-order valence-corrected chi connectivity index (χ4v) is 4.32. The molecule has 2 nitrogen and oxygen atoms in total. The molecule has 134 valence electrons. The maximum Gasteiger partial charge on any atom is 0.0967 e. The van der Waals surface area contributed by atoms with Crippen molar-refractivity contribution < 1.29 is 5.11 Å². The highest BCUT2D eigenvalue weighted by atomic mass is 35.5. The highest BCUT2D eigenvalue weighted by Crippen LogP contribution is 2.47. The summed E-state index contributed by atoms with van der Waals surface area (Å²) in [4.78, 5) is 2.18. The molecule has 1 aliphatic carbocycles. The Balaban J connectivity index is 2.00. The van der Waals surface area contributed by atoms with Gasteiger partial charge in [-0.3, -0.25) is 0 Å². The molecule has 2 aromatic carbocycles. The molecule has 3 rings (SSSR count). The lowest BCUT2D eigenvalue weighted by atomic mass is 9.73. The third-order valence-corrected chi connectivity index (χ3v) is 5.69. The molecule has 2 atom stereocenters. The highest BCUT2D eigenvalue weighted by Gasteiger charge is 2.41. The molecule has 0 fully saturated rings. The van der Waals surface area contributed by atoms with Gasteiger partial charge in [-0.1, -0.05) is 48.0 Å². The van der Waals surface area contributed by atoms with E-state index in [9.17, 15) is 5.11 Å². The lowest BCUT2D eigenvalue weighted by Crippen LogP contribution is -2.34. The summed E-state index contributed by atoms with van der Waals surface area (Å²) in [5.41, 5.74) is 2.78. The van der Waals surface area contributed by atoms with E-state index in [4.69, 9.17) is 11.6 Å². The fraction of sp³-hybridized carbons (Fsp3) is 0.455. The van der Waals surface area contributed by atoms with E-state index in [2.05, 4.69) is 55.4 Å². The van der Waals surface area contributed by atoms with Crippen molar-refractivity contribution in [1.82, 2.24) is 4.90 Å². The van der Waals surface area contributed by atoms with Gasteiger partial charge >= 0.3 is 0 Å². The van der Waals surface area contributed by atoms with Crippen LogP contribution in [0.4, 0.5) is 0 Å². The highest BCUT2D eigenvalue weighted by molar-refractivity contribution is 6.30. The summed E-state index contributed by atoms with van der Waals surface area (Å²) >= 11 is 6.09. The van der Waals surface area contributed by atoms with Gasteiger partial charge in [-0.25, -0.2) is 0 Å². The van der Waals surface area contributed by atoms with Crippen molar-refractivity contribution >= 4 is 11.6 Å². The van der Waals surface area contributed by atoms with Gasteiger partial charge in [0.25, 0.3) is 0 Å². The Morgan fingerprint density at radius 2 is 1.84 bits per heavy atom. The molecule has 0 aliphatic heterocycles. The van der Waals surface area contributed by atoms with Crippen LogP contribution in [0.5, 0.6) is 0 Å². The molecule has 1 N–H and O–H groups in total. The van der Waals surface area contributed by atoms with Crippen LogP contribution in [0.1, 0.15) is 48.3 Å². The second-order valence-corrected chi connectivity index (χ2v) is 7.92. The van der Waals surface area contributed by atoms with Crippen molar-refractivity contribution in [1.29, 1.82) is 0 Å². The number of hydrogen-bond acceptors (Lipinski definition) is 2. The largest absolute Gasteiger partial charge is 0.385 e. The van der Waals surface area contributed by atoms with Crippen LogP contribution >= 0.6 is 11.6 Å². The first kappa shape index (κ1) is 18.4. The number of benzene rings is 2. The monoisotopic (exact) mass is 357 g/mol. The van der Waals surface area contributed by atoms with Gasteiger partial charge in [-0.15, -0.1) is 0 Å². The summed E-state index contributed by atoms with van der Waals surface area (Å²) in [7, 11) is 4.17. The van der Waals surface area contributed by atoms with Crippen molar-refractivity contribution in [2.24, 2.45) is 0 Å². The zero-order valence-electron chi connectivity index (χ0n) is 15.2. The minimum Gasteiger partial charge on any atom is -0.385 e. The number of rotatable bonds is 5. The molecule has 1 aliphatic rings. The molecule has 0 saturated carbocycles. The van der Waals surface area contributed by atoms with Crippen molar-refractivity contribution in [2.75, 3.05) is 20.6 Å². The molecular formula is C22H28ClNO. The predicted molar refractivity (Wildman–Crippen MR) is 105 cm³/mol. The van der Waals surface area contributed by atoms with Crippen LogP contribution in [0.2, 0.25) is 5.02 Å². The summed E-state index contributed by atoms with van der Waals surface area (Å²) < 4.78 is 0. The second-order valence-electron chi connectivity index (χ2n) is 7.48. The molecule has 0 amide bonds. The fourth-order valence-electron chi connectivity index (χ4n) is 4.19. The molecule has 0 spiro atoms. The van der Waals surface area contributed by atoms with E-state index in [1.54, 1.807) is 0 Å². The molecule has 0 heterocycles. The lowest BCUT2D eigenvalue weighted by molar-refractivity contribution is -0.00604. The Labute approximate surface area is 156 Å². The van der Waals surface area contributed by atoms with Gasteiger partial charge < -0.3 is 10.0 Å². The molecular weight excluding hydrogens is 330 g/mol. The molecule has 2 aromatic rings. The average molecular weight is 358 g/mol. The van der Waals surface area contributed by atoms with E-state index >= 15 is 0 Å². The predicted octanol–water partition coefficient (Wildman–Crippen LogP) is 4.99. The number of hydrogen-bond donors (Lipinski definition) is 1. The van der Waals surface area contributed by atoms with E-state index in [0.717, 1.165) is 49.2 Å². The molecule has 0 unspecified atom stereocenters. The second kappa shape index (κ2) is 7.90. The average Bonchev–Trinajstić information content (AvgIpc) is 2.73. The molecule has 0 bridgehead atoms. The van der Waals surface area contributed by atoms with Crippen molar-refractivity contribution in [3.63, 3.8) is 0 Å². The van der Waals surface area contributed by atoms with Gasteiger partial charge in [0.1, 0.15) is 0 Å². The number of halogens is 1. The first-order valence-electron chi connectivity index (χ1n) is 9.21. The lowest BCUT2D eigenvalue weighted by Gasteiger charge is -2.37. The molecule has 0 radical (unpaired) electrons. The summed E-state index contributed by atoms with van der Waals surface area (Å²) in [5, 5.41) is 12.7. The van der Waals surface area contributed by atoms with E-state index < -0.39 is 5.60 Å². The van der Waals surface area contributed by atoms with E-state index in [-0.39, 0.29) is 5.92 Å². The molecule has 0 saturated heterocycles. The minimum absolute atomic E-state index is 0.107. The zero-order valence-corrected chi connectivity index (χ0v) is 16.0. The van der Waals surface area contributed by atoms with E-state index in [0.29, 0.717) is 0 Å². The Bertz CT molecular complexity index is 697. The first-order chi connectivity index (χ1) is 12.0. The minimum atomic E-state index is -0.822. The van der Waals surface area contributed by atoms with Crippen molar-refractivity contribution in [3.05, 3.63) is 70.2 Å². The SMILES string of the molecule is CN(C)CCC[C@]1(O)c2ccccc2CCC[C@@H]1c1ccc(Cl)cc1. The zero-order chi connectivity index (χ0) is 17.9. The normalized spacial score (nSPS) is 23.3.